The molecule has 0 saturated carbocycles. The lowest BCUT2D eigenvalue weighted by molar-refractivity contribution is -0.385. The number of halogens is 3. The smallest absolute Gasteiger partial charge is 0.417 e. The maximum Gasteiger partial charge on any atom is 0.417 e. The van der Waals surface area contributed by atoms with Gasteiger partial charge in [-0.15, -0.1) is 0 Å². The molecule has 4 rings (SSSR count). The van der Waals surface area contributed by atoms with E-state index in [1.807, 2.05) is 0 Å². The molecule has 1 N–H and O–H groups in total. The number of nitro groups is 1. The summed E-state index contributed by atoms with van der Waals surface area (Å²) < 4.78 is 76.2. The van der Waals surface area contributed by atoms with E-state index in [0.717, 1.165) is 36.0 Å². The Kier molecular flexibility index (Phi) is 8.41. The van der Waals surface area contributed by atoms with Crippen LogP contribution in [0.4, 0.5) is 24.0 Å². The van der Waals surface area contributed by atoms with Crippen LogP contribution in [0.2, 0.25) is 0 Å². The van der Waals surface area contributed by atoms with E-state index in [4.69, 9.17) is 4.74 Å². The van der Waals surface area contributed by atoms with Crippen LogP contribution in [0, 0.1) is 15.5 Å². The molecule has 1 aromatic heterocycles. The number of nitrogens with one attached hydrogen (secondary N) is 1. The largest absolute Gasteiger partial charge is 0.494 e. The minimum absolute atomic E-state index is 0.0367. The highest BCUT2D eigenvalue weighted by Gasteiger charge is 2.35. The minimum atomic E-state index is -4.70. The number of benzene rings is 3. The standard InChI is InChI=1S/C28H26F3N3O5S2/c1-27(2,3)14-15-39-20-10-6-8-18(16-20)25-24(22-12-4-5-13-23(22)28(29,30)31)32-26(40-25)33-41(37,38)21-11-7-9-19(17-21)34(35)36/h4-13,16-17H,14-15H2,1-3H3,(H,32,33). The van der Waals surface area contributed by atoms with Gasteiger partial charge in [-0.05, 0) is 41.7 Å². The molecule has 0 amide bonds. The molecular weight excluding hydrogens is 579 g/mol. The van der Waals surface area contributed by atoms with Crippen LogP contribution in [0.25, 0.3) is 21.7 Å². The lowest BCUT2D eigenvalue weighted by Crippen LogP contribution is -2.13. The topological polar surface area (TPSA) is 111 Å². The van der Waals surface area contributed by atoms with Gasteiger partial charge in [0.05, 0.1) is 32.6 Å². The summed E-state index contributed by atoms with van der Waals surface area (Å²) in [6.07, 6.45) is -3.93. The number of thiazole rings is 1. The van der Waals surface area contributed by atoms with Gasteiger partial charge in [0.2, 0.25) is 0 Å². The van der Waals surface area contributed by atoms with Crippen LogP contribution in [-0.4, -0.2) is 24.9 Å². The highest BCUT2D eigenvalue weighted by atomic mass is 32.2. The number of rotatable bonds is 9. The molecule has 0 aliphatic heterocycles. The average Bonchev–Trinajstić information content (AvgIpc) is 3.30. The van der Waals surface area contributed by atoms with Gasteiger partial charge in [0, 0.05) is 17.7 Å². The van der Waals surface area contributed by atoms with E-state index in [1.165, 1.54) is 30.3 Å². The molecule has 0 fully saturated rings. The van der Waals surface area contributed by atoms with Gasteiger partial charge in [0.25, 0.3) is 15.7 Å². The Balaban J connectivity index is 1.79. The quantitative estimate of drug-likeness (QED) is 0.153. The summed E-state index contributed by atoms with van der Waals surface area (Å²) in [7, 11) is -4.36. The number of hydrogen-bond acceptors (Lipinski definition) is 7. The molecule has 8 nitrogen and oxygen atoms in total. The van der Waals surface area contributed by atoms with E-state index in [-0.39, 0.29) is 26.7 Å². The van der Waals surface area contributed by atoms with E-state index in [0.29, 0.717) is 17.9 Å². The molecule has 1 heterocycles. The number of anilines is 1. The summed E-state index contributed by atoms with van der Waals surface area (Å²) >= 11 is 0.837. The van der Waals surface area contributed by atoms with Crippen molar-refractivity contribution >= 4 is 32.2 Å². The molecule has 0 aliphatic carbocycles. The lowest BCUT2D eigenvalue weighted by atomic mass is 9.93. The van der Waals surface area contributed by atoms with E-state index < -0.39 is 37.3 Å². The molecule has 0 radical (unpaired) electrons. The second-order valence-electron chi connectivity index (χ2n) is 10.3. The summed E-state index contributed by atoms with van der Waals surface area (Å²) in [6, 6.07) is 16.0. The van der Waals surface area contributed by atoms with Gasteiger partial charge in [-0.3, -0.25) is 14.8 Å². The molecule has 0 unspecified atom stereocenters. The molecule has 0 atom stereocenters. The first kappa shape index (κ1) is 30.0. The van der Waals surface area contributed by atoms with Gasteiger partial charge in [0.15, 0.2) is 5.13 Å². The molecule has 41 heavy (non-hydrogen) atoms. The summed E-state index contributed by atoms with van der Waals surface area (Å²) in [5.41, 5.74) is -1.16. The van der Waals surface area contributed by atoms with Crippen molar-refractivity contribution < 1.29 is 31.2 Å². The Hall–Kier alpha value is -3.97. The summed E-state index contributed by atoms with van der Waals surface area (Å²) in [6.45, 7) is 6.65. The predicted octanol–water partition coefficient (Wildman–Crippen LogP) is 8.02. The molecular formula is C28H26F3N3O5S2. The van der Waals surface area contributed by atoms with Crippen molar-refractivity contribution in [2.45, 2.75) is 38.3 Å². The molecule has 216 valence electrons. The first-order valence-corrected chi connectivity index (χ1v) is 14.6. The summed E-state index contributed by atoms with van der Waals surface area (Å²) in [5.74, 6) is 0.494. The van der Waals surface area contributed by atoms with Crippen LogP contribution in [0.5, 0.6) is 5.75 Å². The Labute approximate surface area is 239 Å². The number of aromatic nitrogens is 1. The van der Waals surface area contributed by atoms with E-state index >= 15 is 0 Å². The van der Waals surface area contributed by atoms with Crippen molar-refractivity contribution in [3.63, 3.8) is 0 Å². The molecule has 13 heteroatoms. The average molecular weight is 606 g/mol. The fraction of sp³-hybridized carbons (Fsp3) is 0.250. The summed E-state index contributed by atoms with van der Waals surface area (Å²) in [5, 5.41) is 10.9. The van der Waals surface area contributed by atoms with Crippen LogP contribution in [0.1, 0.15) is 32.8 Å². The Morgan fingerprint density at radius 3 is 2.39 bits per heavy atom. The van der Waals surface area contributed by atoms with Crippen molar-refractivity contribution in [3.05, 3.63) is 88.5 Å². The van der Waals surface area contributed by atoms with Gasteiger partial charge in [-0.2, -0.15) is 13.2 Å². The van der Waals surface area contributed by atoms with Gasteiger partial charge in [0.1, 0.15) is 5.75 Å². The zero-order chi connectivity index (χ0) is 30.0. The SMILES string of the molecule is CC(C)(C)CCOc1cccc(-c2sc(NS(=O)(=O)c3cccc([N+](=O)[O-])c3)nc2-c2ccccc2C(F)(F)F)c1. The molecule has 0 spiro atoms. The first-order chi connectivity index (χ1) is 19.1. The van der Waals surface area contributed by atoms with Crippen LogP contribution >= 0.6 is 11.3 Å². The minimum Gasteiger partial charge on any atom is -0.494 e. The van der Waals surface area contributed by atoms with Crippen molar-refractivity contribution in [2.24, 2.45) is 5.41 Å². The zero-order valence-corrected chi connectivity index (χ0v) is 23.9. The molecule has 0 aliphatic rings. The zero-order valence-electron chi connectivity index (χ0n) is 22.2. The van der Waals surface area contributed by atoms with E-state index in [2.05, 4.69) is 30.5 Å². The number of nitrogens with zero attached hydrogens (tertiary/aromatic N) is 2. The fourth-order valence-electron chi connectivity index (χ4n) is 3.82. The first-order valence-electron chi connectivity index (χ1n) is 12.3. The fourth-order valence-corrected chi connectivity index (χ4v) is 6.07. The van der Waals surface area contributed by atoms with Crippen molar-refractivity contribution in [2.75, 3.05) is 11.3 Å². The highest BCUT2D eigenvalue weighted by Crippen LogP contribution is 2.45. The third-order valence-corrected chi connectivity index (χ3v) is 8.38. The molecule has 3 aromatic carbocycles. The molecule has 0 saturated heterocycles. The highest BCUT2D eigenvalue weighted by molar-refractivity contribution is 7.93. The number of non-ortho nitro benzene ring substituents is 1. The number of ether oxygens (including phenoxy) is 1. The van der Waals surface area contributed by atoms with Crippen LogP contribution in [-0.2, 0) is 16.2 Å². The van der Waals surface area contributed by atoms with Crippen LogP contribution in [0.3, 0.4) is 0 Å². The normalized spacial score (nSPS) is 12.2. The molecule has 0 bridgehead atoms. The Bertz CT molecular complexity index is 1680. The second-order valence-corrected chi connectivity index (χ2v) is 13.0. The third-order valence-electron chi connectivity index (χ3n) is 5.89. The van der Waals surface area contributed by atoms with Crippen LogP contribution in [0.15, 0.2) is 77.7 Å². The van der Waals surface area contributed by atoms with E-state index in [1.54, 1.807) is 24.3 Å². The third kappa shape index (κ3) is 7.41. The van der Waals surface area contributed by atoms with Gasteiger partial charge in [-0.25, -0.2) is 13.4 Å². The second kappa shape index (κ2) is 11.5. The maximum atomic E-state index is 14.0. The van der Waals surface area contributed by atoms with Crippen molar-refractivity contribution in [3.8, 4) is 27.4 Å². The summed E-state index contributed by atoms with van der Waals surface area (Å²) in [4.78, 5) is 14.6. The Morgan fingerprint density at radius 1 is 1.00 bits per heavy atom. The monoisotopic (exact) mass is 605 g/mol. The molecule has 4 aromatic rings. The van der Waals surface area contributed by atoms with E-state index in [9.17, 15) is 31.7 Å². The van der Waals surface area contributed by atoms with Crippen LogP contribution < -0.4 is 9.46 Å². The van der Waals surface area contributed by atoms with Gasteiger partial charge in [-0.1, -0.05) is 68.5 Å². The number of alkyl halides is 3. The predicted molar refractivity (Wildman–Crippen MR) is 151 cm³/mol. The Morgan fingerprint density at radius 2 is 1.71 bits per heavy atom. The van der Waals surface area contributed by atoms with Crippen molar-refractivity contribution in [1.29, 1.82) is 0 Å². The number of nitro benzene ring substituents is 1. The lowest BCUT2D eigenvalue weighted by Gasteiger charge is -2.18. The number of hydrogen-bond donors (Lipinski definition) is 1. The van der Waals surface area contributed by atoms with Gasteiger partial charge < -0.3 is 4.74 Å². The number of sulfonamides is 1. The maximum absolute atomic E-state index is 14.0. The van der Waals surface area contributed by atoms with Crippen molar-refractivity contribution in [1.82, 2.24) is 4.98 Å². The van der Waals surface area contributed by atoms with Gasteiger partial charge >= 0.3 is 6.18 Å².